The number of benzene rings is 2. The summed E-state index contributed by atoms with van der Waals surface area (Å²) in [6, 6.07) is 13.9. The first kappa shape index (κ1) is 20.8. The van der Waals surface area contributed by atoms with Crippen LogP contribution in [-0.4, -0.2) is 28.1 Å². The van der Waals surface area contributed by atoms with Gasteiger partial charge in [0.1, 0.15) is 0 Å². The van der Waals surface area contributed by atoms with Crippen molar-refractivity contribution in [3.05, 3.63) is 53.6 Å². The predicted molar refractivity (Wildman–Crippen MR) is 107 cm³/mol. The van der Waals surface area contributed by atoms with Crippen LogP contribution in [0.5, 0.6) is 0 Å². The molecule has 0 fully saturated rings. The predicted octanol–water partition coefficient (Wildman–Crippen LogP) is 4.26. The fraction of sp³-hybridized carbons (Fsp3) is 0.211. The summed E-state index contributed by atoms with van der Waals surface area (Å²) in [5, 5.41) is 14.3. The highest BCUT2D eigenvalue weighted by molar-refractivity contribution is 8.00. The third-order valence-electron chi connectivity index (χ3n) is 3.50. The molecule has 2 aromatic carbocycles. The number of carbonyl (C=O) groups excluding carboxylic acids is 2. The highest BCUT2D eigenvalue weighted by Crippen LogP contribution is 2.26. The van der Waals surface area contributed by atoms with Gasteiger partial charge in [0.2, 0.25) is 11.8 Å². The quantitative estimate of drug-likeness (QED) is 0.569. The molecule has 2 amide bonds. The minimum Gasteiger partial charge on any atom is -0.481 e. The van der Waals surface area contributed by atoms with Crippen molar-refractivity contribution in [1.82, 2.24) is 0 Å². The van der Waals surface area contributed by atoms with Crippen LogP contribution in [0.15, 0.2) is 53.4 Å². The molecule has 0 spiro atoms. The summed E-state index contributed by atoms with van der Waals surface area (Å²) in [6.45, 7) is 1.80. The molecule has 0 aliphatic rings. The van der Waals surface area contributed by atoms with E-state index in [1.165, 1.54) is 11.8 Å². The largest absolute Gasteiger partial charge is 0.481 e. The van der Waals surface area contributed by atoms with Gasteiger partial charge in [0.25, 0.3) is 0 Å². The molecule has 2 rings (SSSR count). The molecule has 0 aliphatic carbocycles. The fourth-order valence-corrected chi connectivity index (χ4v) is 3.09. The van der Waals surface area contributed by atoms with E-state index in [-0.39, 0.29) is 29.9 Å². The second-order valence-corrected chi connectivity index (χ2v) is 7.57. The van der Waals surface area contributed by atoms with E-state index in [2.05, 4.69) is 10.6 Å². The number of halogens is 1. The van der Waals surface area contributed by atoms with E-state index in [1.807, 2.05) is 0 Å². The molecular weight excluding hydrogens is 388 g/mol. The second-order valence-electron chi connectivity index (χ2n) is 5.72. The Hall–Kier alpha value is -2.51. The van der Waals surface area contributed by atoms with Gasteiger partial charge < -0.3 is 15.7 Å². The maximum Gasteiger partial charge on any atom is 0.303 e. The van der Waals surface area contributed by atoms with Gasteiger partial charge in [-0.05, 0) is 55.5 Å². The minimum atomic E-state index is -1.01. The molecule has 0 saturated heterocycles. The summed E-state index contributed by atoms with van der Waals surface area (Å²) in [5.41, 5.74) is 1.25. The monoisotopic (exact) mass is 406 g/mol. The molecule has 1 unspecified atom stereocenters. The molecule has 0 radical (unpaired) electrons. The zero-order valence-electron chi connectivity index (χ0n) is 14.6. The summed E-state index contributed by atoms with van der Waals surface area (Å²) in [5.74, 6) is -1.50. The van der Waals surface area contributed by atoms with Gasteiger partial charge in [-0.1, -0.05) is 11.6 Å². The van der Waals surface area contributed by atoms with Crippen LogP contribution in [0.1, 0.15) is 19.8 Å². The van der Waals surface area contributed by atoms with Gasteiger partial charge in [0, 0.05) is 27.7 Å². The standard InChI is InChI=1S/C19H19ClN2O4S/c1-12(19(26)22-15-4-2-13(20)3-5-15)27-16-8-6-14(7-9-16)21-17(23)10-11-18(24)25/h2-9,12H,10-11H2,1H3,(H,21,23)(H,22,26)(H,24,25). The topological polar surface area (TPSA) is 95.5 Å². The van der Waals surface area contributed by atoms with Gasteiger partial charge >= 0.3 is 5.97 Å². The van der Waals surface area contributed by atoms with Crippen molar-refractivity contribution < 1.29 is 19.5 Å². The molecule has 0 aliphatic heterocycles. The lowest BCUT2D eigenvalue weighted by molar-refractivity contribution is -0.138. The number of carboxylic acids is 1. The number of carboxylic acid groups (broad SMARTS) is 1. The lowest BCUT2D eigenvalue weighted by Gasteiger charge is -2.12. The number of anilines is 2. The number of carbonyl (C=O) groups is 3. The Balaban J connectivity index is 1.85. The molecule has 27 heavy (non-hydrogen) atoms. The van der Waals surface area contributed by atoms with Gasteiger partial charge in [-0.15, -0.1) is 11.8 Å². The Morgan fingerprint density at radius 1 is 0.963 bits per heavy atom. The van der Waals surface area contributed by atoms with Gasteiger partial charge in [0.15, 0.2) is 0 Å². The summed E-state index contributed by atoms with van der Waals surface area (Å²) >= 11 is 7.21. The Bertz CT molecular complexity index is 809. The van der Waals surface area contributed by atoms with E-state index in [0.29, 0.717) is 16.4 Å². The van der Waals surface area contributed by atoms with Crippen LogP contribution in [0.3, 0.4) is 0 Å². The molecule has 8 heteroatoms. The summed E-state index contributed by atoms with van der Waals surface area (Å²) in [4.78, 5) is 35.2. The number of hydrogen-bond donors (Lipinski definition) is 3. The number of thioether (sulfide) groups is 1. The normalized spacial score (nSPS) is 11.5. The van der Waals surface area contributed by atoms with Crippen molar-refractivity contribution in [2.45, 2.75) is 29.9 Å². The van der Waals surface area contributed by atoms with Crippen LogP contribution in [0, 0.1) is 0 Å². The average Bonchev–Trinajstić information content (AvgIpc) is 2.63. The zero-order chi connectivity index (χ0) is 19.8. The van der Waals surface area contributed by atoms with Crippen molar-refractivity contribution >= 4 is 52.5 Å². The maximum absolute atomic E-state index is 12.3. The van der Waals surface area contributed by atoms with Crippen molar-refractivity contribution in [3.63, 3.8) is 0 Å². The highest BCUT2D eigenvalue weighted by atomic mass is 35.5. The van der Waals surface area contributed by atoms with E-state index in [9.17, 15) is 14.4 Å². The number of rotatable bonds is 8. The van der Waals surface area contributed by atoms with Crippen molar-refractivity contribution in [3.8, 4) is 0 Å². The molecule has 0 aromatic heterocycles. The Kier molecular flexibility index (Phi) is 7.69. The molecule has 0 saturated carbocycles. The van der Waals surface area contributed by atoms with E-state index >= 15 is 0 Å². The average molecular weight is 407 g/mol. The molecule has 3 N–H and O–H groups in total. The Morgan fingerprint density at radius 2 is 1.52 bits per heavy atom. The molecule has 0 bridgehead atoms. The Labute approximate surface area is 166 Å². The van der Waals surface area contributed by atoms with Crippen LogP contribution < -0.4 is 10.6 Å². The molecule has 6 nitrogen and oxygen atoms in total. The number of hydrogen-bond acceptors (Lipinski definition) is 4. The van der Waals surface area contributed by atoms with Crippen LogP contribution in [0.2, 0.25) is 5.02 Å². The summed E-state index contributed by atoms with van der Waals surface area (Å²) in [6.07, 6.45) is -0.284. The lowest BCUT2D eigenvalue weighted by atomic mass is 10.2. The van der Waals surface area contributed by atoms with Gasteiger partial charge in [-0.25, -0.2) is 0 Å². The lowest BCUT2D eigenvalue weighted by Crippen LogP contribution is -2.22. The number of amides is 2. The fourth-order valence-electron chi connectivity index (χ4n) is 2.10. The third-order valence-corrected chi connectivity index (χ3v) is 4.86. The van der Waals surface area contributed by atoms with Crippen LogP contribution in [0.25, 0.3) is 0 Å². The van der Waals surface area contributed by atoms with Crippen molar-refractivity contribution in [2.24, 2.45) is 0 Å². The van der Waals surface area contributed by atoms with Crippen LogP contribution in [-0.2, 0) is 14.4 Å². The molecule has 2 aromatic rings. The molecular formula is C19H19ClN2O4S. The smallest absolute Gasteiger partial charge is 0.303 e. The second kappa shape index (κ2) is 9.99. The van der Waals surface area contributed by atoms with E-state index in [4.69, 9.17) is 16.7 Å². The van der Waals surface area contributed by atoms with Gasteiger partial charge in [-0.3, -0.25) is 14.4 Å². The first-order valence-electron chi connectivity index (χ1n) is 8.18. The van der Waals surface area contributed by atoms with Crippen LogP contribution in [0.4, 0.5) is 11.4 Å². The summed E-state index contributed by atoms with van der Waals surface area (Å²) in [7, 11) is 0. The zero-order valence-corrected chi connectivity index (χ0v) is 16.1. The number of aliphatic carboxylic acids is 1. The number of nitrogens with one attached hydrogen (secondary N) is 2. The van der Waals surface area contributed by atoms with Crippen molar-refractivity contribution in [2.75, 3.05) is 10.6 Å². The van der Waals surface area contributed by atoms with Crippen molar-refractivity contribution in [1.29, 1.82) is 0 Å². The molecule has 142 valence electrons. The molecule has 0 heterocycles. The molecule has 1 atom stereocenters. The van der Waals surface area contributed by atoms with Gasteiger partial charge in [0.05, 0.1) is 11.7 Å². The first-order valence-corrected chi connectivity index (χ1v) is 9.44. The SMILES string of the molecule is CC(Sc1ccc(NC(=O)CCC(=O)O)cc1)C(=O)Nc1ccc(Cl)cc1. The van der Waals surface area contributed by atoms with E-state index in [1.54, 1.807) is 55.5 Å². The van der Waals surface area contributed by atoms with Crippen LogP contribution >= 0.6 is 23.4 Å². The minimum absolute atomic E-state index is 0.0757. The van der Waals surface area contributed by atoms with E-state index < -0.39 is 5.97 Å². The van der Waals surface area contributed by atoms with Gasteiger partial charge in [-0.2, -0.15) is 0 Å². The third kappa shape index (κ3) is 7.32. The first-order chi connectivity index (χ1) is 12.8. The highest BCUT2D eigenvalue weighted by Gasteiger charge is 2.15. The summed E-state index contributed by atoms with van der Waals surface area (Å²) < 4.78 is 0. The Morgan fingerprint density at radius 3 is 2.11 bits per heavy atom. The van der Waals surface area contributed by atoms with E-state index in [0.717, 1.165) is 4.90 Å². The maximum atomic E-state index is 12.3.